The third-order valence-corrected chi connectivity index (χ3v) is 8.51. The van der Waals surface area contributed by atoms with Gasteiger partial charge in [-0.25, -0.2) is 13.4 Å². The Kier molecular flexibility index (Phi) is 8.39. The molecule has 1 saturated carbocycles. The molecule has 200 valence electrons. The number of benzene rings is 1. The number of rotatable bonds is 9. The van der Waals surface area contributed by atoms with Crippen molar-refractivity contribution in [3.63, 3.8) is 0 Å². The van der Waals surface area contributed by atoms with Crippen molar-refractivity contribution in [2.75, 3.05) is 24.1 Å². The van der Waals surface area contributed by atoms with Gasteiger partial charge in [0.25, 0.3) is 10.0 Å². The number of pyridine rings is 1. The lowest BCUT2D eigenvalue weighted by Crippen LogP contribution is -2.44. The molecule has 9 nitrogen and oxygen atoms in total. The van der Waals surface area contributed by atoms with Crippen molar-refractivity contribution < 1.29 is 32.9 Å². The summed E-state index contributed by atoms with van der Waals surface area (Å²) in [5, 5.41) is 18.4. The molecule has 1 aromatic carbocycles. The number of hydrogen-bond donors (Lipinski definition) is 2. The molecule has 0 amide bonds. The summed E-state index contributed by atoms with van der Waals surface area (Å²) in [6.07, 6.45) is 7.33. The molecule has 1 atom stereocenters. The number of aliphatic hydroxyl groups excluding tert-OH is 1. The number of carboxylic acid groups (broad SMARTS) is 1. The molecule has 0 bridgehead atoms. The van der Waals surface area contributed by atoms with Gasteiger partial charge in [0.15, 0.2) is 0 Å². The zero-order chi connectivity index (χ0) is 26.6. The number of anilines is 1. The van der Waals surface area contributed by atoms with Crippen LogP contribution in [0.5, 0.6) is 11.6 Å². The van der Waals surface area contributed by atoms with E-state index in [0.29, 0.717) is 22.9 Å². The molecule has 1 aliphatic carbocycles. The first kappa shape index (κ1) is 26.9. The minimum Gasteiger partial charge on any atom is -0.486 e. The molecule has 1 aromatic heterocycles. The number of sulfonamides is 1. The molecule has 2 aliphatic rings. The molecule has 0 radical (unpaired) electrons. The first-order valence-electron chi connectivity index (χ1n) is 12.6. The van der Waals surface area contributed by atoms with Crippen molar-refractivity contribution in [3.05, 3.63) is 47.2 Å². The fourth-order valence-corrected chi connectivity index (χ4v) is 6.35. The highest BCUT2D eigenvalue weighted by atomic mass is 32.2. The number of aliphatic hydroxyl groups is 1. The van der Waals surface area contributed by atoms with Gasteiger partial charge in [-0.2, -0.15) is 0 Å². The van der Waals surface area contributed by atoms with Gasteiger partial charge in [0, 0.05) is 12.6 Å². The molecule has 0 unspecified atom stereocenters. The number of aromatic nitrogens is 1. The highest BCUT2D eigenvalue weighted by molar-refractivity contribution is 7.93. The van der Waals surface area contributed by atoms with Crippen LogP contribution in [0.3, 0.4) is 0 Å². The summed E-state index contributed by atoms with van der Waals surface area (Å²) in [5.74, 6) is 0.0187. The molecule has 2 N–H and O–H groups in total. The monoisotopic (exact) mass is 530 g/mol. The number of nitrogens with zero attached hydrogens (tertiary/aromatic N) is 2. The van der Waals surface area contributed by atoms with Gasteiger partial charge >= 0.3 is 5.97 Å². The Morgan fingerprint density at radius 1 is 1.27 bits per heavy atom. The lowest BCUT2D eigenvalue weighted by molar-refractivity contribution is -0.137. The van der Waals surface area contributed by atoms with E-state index in [-0.39, 0.29) is 43.4 Å². The summed E-state index contributed by atoms with van der Waals surface area (Å²) >= 11 is 0. The summed E-state index contributed by atoms with van der Waals surface area (Å²) < 4.78 is 40.9. The average molecular weight is 531 g/mol. The van der Waals surface area contributed by atoms with E-state index in [2.05, 4.69) is 18.0 Å². The number of allylic oxidation sites excluding steroid dienone is 1. The van der Waals surface area contributed by atoms with Gasteiger partial charge in [0.2, 0.25) is 5.88 Å². The van der Waals surface area contributed by atoms with E-state index in [1.54, 1.807) is 13.0 Å². The number of carbonyl (C=O) groups is 1. The van der Waals surface area contributed by atoms with Crippen LogP contribution in [-0.4, -0.2) is 55.4 Å². The summed E-state index contributed by atoms with van der Waals surface area (Å²) in [7, 11) is -4.17. The highest BCUT2D eigenvalue weighted by Gasteiger charge is 2.37. The third-order valence-electron chi connectivity index (χ3n) is 6.74. The topological polar surface area (TPSA) is 126 Å². The Labute approximate surface area is 217 Å². The lowest BCUT2D eigenvalue weighted by Gasteiger charge is -2.36. The first-order valence-corrected chi connectivity index (χ1v) is 14.1. The fraction of sp³-hybridized carbons (Fsp3) is 0.481. The Bertz CT molecular complexity index is 1270. The van der Waals surface area contributed by atoms with E-state index in [9.17, 15) is 18.3 Å². The molecule has 1 fully saturated rings. The second-order valence-corrected chi connectivity index (χ2v) is 11.6. The number of hydrogen-bond acceptors (Lipinski definition) is 7. The number of carboxylic acids is 1. The SMILES string of the molecule is Cc1cnc(OCCO)c(S(=O)(=O)N2C[C@H](CCC(=O)O)Oc3ccc(C=C4CCC(C)CC4)cc32)c1. The maximum absolute atomic E-state index is 14.1. The molecular weight excluding hydrogens is 496 g/mol. The predicted octanol–water partition coefficient (Wildman–Crippen LogP) is 4.18. The maximum Gasteiger partial charge on any atom is 0.303 e. The standard InChI is InChI=1S/C27H34N2O7S/c1-18-3-5-20(6-4-18)14-21-7-9-24-23(15-21)29(17-22(36-24)8-10-26(31)32)37(33,34)25-13-19(2)16-28-27(25)35-12-11-30/h7,9,13-16,18,22,30H,3-6,8,10-12,17H2,1-2H3,(H,31,32)/t18?,22-/m0/s1. The minimum absolute atomic E-state index is 0.0481. The van der Waals surface area contributed by atoms with Crippen LogP contribution in [0, 0.1) is 12.8 Å². The van der Waals surface area contributed by atoms with Gasteiger partial charge in [0.1, 0.15) is 23.4 Å². The zero-order valence-electron chi connectivity index (χ0n) is 21.2. The van der Waals surface area contributed by atoms with Crippen LogP contribution in [0.4, 0.5) is 5.69 Å². The fourth-order valence-electron chi connectivity index (χ4n) is 4.68. The van der Waals surface area contributed by atoms with Gasteiger partial charge in [-0.1, -0.05) is 24.6 Å². The third kappa shape index (κ3) is 6.42. The van der Waals surface area contributed by atoms with E-state index in [1.807, 2.05) is 12.1 Å². The molecular formula is C27H34N2O7S. The summed E-state index contributed by atoms with van der Waals surface area (Å²) in [6.45, 7) is 3.56. The second-order valence-electron chi connectivity index (χ2n) is 9.81. The van der Waals surface area contributed by atoms with Gasteiger partial charge in [-0.3, -0.25) is 9.10 Å². The van der Waals surface area contributed by atoms with Crippen molar-refractivity contribution in [2.24, 2.45) is 5.92 Å². The summed E-state index contributed by atoms with van der Waals surface area (Å²) in [6, 6.07) is 6.95. The molecule has 0 spiro atoms. The molecule has 0 saturated heterocycles. The molecule has 1 aliphatic heterocycles. The van der Waals surface area contributed by atoms with E-state index < -0.39 is 22.1 Å². The average Bonchev–Trinajstić information content (AvgIpc) is 2.87. The van der Waals surface area contributed by atoms with E-state index in [4.69, 9.17) is 14.6 Å². The quantitative estimate of drug-likeness (QED) is 0.495. The van der Waals surface area contributed by atoms with Crippen molar-refractivity contribution in [2.45, 2.75) is 63.4 Å². The summed E-state index contributed by atoms with van der Waals surface area (Å²) in [4.78, 5) is 15.2. The molecule has 2 aromatic rings. The minimum atomic E-state index is -4.17. The number of ether oxygens (including phenoxy) is 2. The lowest BCUT2D eigenvalue weighted by atomic mass is 9.86. The van der Waals surface area contributed by atoms with Crippen LogP contribution in [0.25, 0.3) is 6.08 Å². The van der Waals surface area contributed by atoms with Crippen molar-refractivity contribution in [1.82, 2.24) is 4.98 Å². The predicted molar refractivity (Wildman–Crippen MR) is 139 cm³/mol. The zero-order valence-corrected chi connectivity index (χ0v) is 22.0. The summed E-state index contributed by atoms with van der Waals surface area (Å²) in [5.41, 5.74) is 3.25. The largest absolute Gasteiger partial charge is 0.486 e. The Morgan fingerprint density at radius 3 is 2.73 bits per heavy atom. The van der Waals surface area contributed by atoms with Crippen LogP contribution in [0.1, 0.15) is 56.6 Å². The first-order chi connectivity index (χ1) is 17.7. The van der Waals surface area contributed by atoms with E-state index in [1.165, 1.54) is 22.1 Å². The van der Waals surface area contributed by atoms with Crippen LogP contribution in [-0.2, 0) is 14.8 Å². The van der Waals surface area contributed by atoms with E-state index >= 15 is 0 Å². The van der Waals surface area contributed by atoms with Gasteiger partial charge in [-0.05, 0) is 74.3 Å². The molecule has 37 heavy (non-hydrogen) atoms. The smallest absolute Gasteiger partial charge is 0.303 e. The van der Waals surface area contributed by atoms with Crippen LogP contribution >= 0.6 is 0 Å². The Morgan fingerprint density at radius 2 is 2.03 bits per heavy atom. The van der Waals surface area contributed by atoms with Crippen LogP contribution in [0.15, 0.2) is 40.9 Å². The molecule has 4 rings (SSSR count). The number of fused-ring (bicyclic) bond motifs is 1. The van der Waals surface area contributed by atoms with Gasteiger partial charge in [-0.15, -0.1) is 0 Å². The maximum atomic E-state index is 14.1. The van der Waals surface area contributed by atoms with E-state index in [0.717, 1.165) is 31.2 Å². The van der Waals surface area contributed by atoms with Gasteiger partial charge < -0.3 is 19.7 Å². The molecule has 10 heteroatoms. The van der Waals surface area contributed by atoms with Gasteiger partial charge in [0.05, 0.1) is 18.8 Å². The van der Waals surface area contributed by atoms with Crippen LogP contribution in [0.2, 0.25) is 0 Å². The second kappa shape index (κ2) is 11.5. The van der Waals surface area contributed by atoms with Crippen molar-refractivity contribution in [1.29, 1.82) is 0 Å². The van der Waals surface area contributed by atoms with Crippen LogP contribution < -0.4 is 13.8 Å². The normalized spacial score (nSPS) is 19.6. The van der Waals surface area contributed by atoms with Crippen molar-refractivity contribution in [3.8, 4) is 11.6 Å². The Hall–Kier alpha value is -3.11. The Balaban J connectivity index is 1.75. The van der Waals surface area contributed by atoms with Crippen molar-refractivity contribution >= 4 is 27.8 Å². The number of aliphatic carboxylic acids is 1. The molecule has 2 heterocycles. The number of aryl methyl sites for hydroxylation is 1. The highest BCUT2D eigenvalue weighted by Crippen LogP contribution is 2.41.